The molecule has 2 aromatic heterocycles. The molecule has 1 saturated heterocycles. The van der Waals surface area contributed by atoms with E-state index in [1.807, 2.05) is 12.2 Å². The molecule has 0 aliphatic carbocycles. The second-order valence-electron chi connectivity index (χ2n) is 7.79. The average Bonchev–Trinajstić information content (AvgIpc) is 3.28. The number of morpholine rings is 1. The number of halogens is 2. The Bertz CT molecular complexity index is 1180. The molecule has 0 radical (unpaired) electrons. The molecule has 0 aromatic carbocycles. The molecule has 9 nitrogen and oxygen atoms in total. The van der Waals surface area contributed by atoms with Gasteiger partial charge in [0, 0.05) is 37.0 Å². The Kier molecular flexibility index (Phi) is 5.88. The van der Waals surface area contributed by atoms with Crippen LogP contribution in [0.5, 0.6) is 0 Å². The normalized spacial score (nSPS) is 21.2. The van der Waals surface area contributed by atoms with Crippen molar-refractivity contribution in [3.63, 3.8) is 0 Å². The molecule has 172 valence electrons. The van der Waals surface area contributed by atoms with Crippen LogP contribution >= 0.6 is 0 Å². The number of carbonyl (C=O) groups is 1. The molecule has 0 spiro atoms. The van der Waals surface area contributed by atoms with Crippen LogP contribution in [0.15, 0.2) is 60.2 Å². The van der Waals surface area contributed by atoms with Gasteiger partial charge >= 0.3 is 0 Å². The SMILES string of the molecule is O=C(NC1=CC=CC(N2CCOCC2)N1)c1cnc2ccc(C3=CNCC(C(F)F)=C3)nn12. The van der Waals surface area contributed by atoms with Crippen LogP contribution in [-0.2, 0) is 4.74 Å². The Hall–Kier alpha value is -3.57. The third-order valence-electron chi connectivity index (χ3n) is 5.62. The lowest BCUT2D eigenvalue weighted by Gasteiger charge is -2.35. The summed E-state index contributed by atoms with van der Waals surface area (Å²) in [6, 6.07) is 3.38. The van der Waals surface area contributed by atoms with Gasteiger partial charge in [0.1, 0.15) is 12.0 Å². The van der Waals surface area contributed by atoms with Gasteiger partial charge in [0.25, 0.3) is 12.3 Å². The van der Waals surface area contributed by atoms with Gasteiger partial charge in [-0.15, -0.1) is 0 Å². The third-order valence-corrected chi connectivity index (χ3v) is 5.62. The number of allylic oxidation sites excluding steroid dienone is 4. The van der Waals surface area contributed by atoms with Crippen molar-refractivity contribution in [2.75, 3.05) is 32.8 Å². The maximum Gasteiger partial charge on any atom is 0.277 e. The number of aromatic nitrogens is 3. The van der Waals surface area contributed by atoms with Crippen molar-refractivity contribution < 1.29 is 18.3 Å². The van der Waals surface area contributed by atoms with E-state index in [4.69, 9.17) is 4.74 Å². The van der Waals surface area contributed by atoms with E-state index in [1.165, 1.54) is 16.8 Å². The van der Waals surface area contributed by atoms with Crippen LogP contribution in [-0.4, -0.2) is 70.8 Å². The van der Waals surface area contributed by atoms with Gasteiger partial charge in [0.2, 0.25) is 0 Å². The maximum atomic E-state index is 13.1. The van der Waals surface area contributed by atoms with Crippen LogP contribution in [0.2, 0.25) is 0 Å². The number of carbonyl (C=O) groups excluding carboxylic acids is 1. The minimum atomic E-state index is -2.55. The van der Waals surface area contributed by atoms with E-state index in [0.29, 0.717) is 35.9 Å². The molecule has 3 aliphatic rings. The second-order valence-corrected chi connectivity index (χ2v) is 7.79. The van der Waals surface area contributed by atoms with Crippen molar-refractivity contribution in [1.82, 2.24) is 35.4 Å². The standard InChI is InChI=1S/C22H23F2N7O2/c23-21(24)15-10-14(11-25-12-15)16-4-5-19-26-13-17(31(19)29-16)22(32)28-18-2-1-3-20(27-18)30-6-8-33-9-7-30/h1-5,10-11,13,20-21,25,27H,6-9,12H2,(H,28,32). The lowest BCUT2D eigenvalue weighted by Crippen LogP contribution is -2.52. The minimum Gasteiger partial charge on any atom is -0.386 e. The van der Waals surface area contributed by atoms with Crippen LogP contribution in [0.4, 0.5) is 8.78 Å². The van der Waals surface area contributed by atoms with E-state index in [1.54, 1.807) is 24.4 Å². The number of hydrogen-bond acceptors (Lipinski definition) is 7. The Balaban J connectivity index is 1.34. The topological polar surface area (TPSA) is 95.8 Å². The zero-order valence-electron chi connectivity index (χ0n) is 17.7. The van der Waals surface area contributed by atoms with Crippen molar-refractivity contribution in [3.05, 3.63) is 71.6 Å². The molecular formula is C22H23F2N7O2. The highest BCUT2D eigenvalue weighted by Crippen LogP contribution is 2.21. The number of nitrogens with one attached hydrogen (secondary N) is 3. The van der Waals surface area contributed by atoms with Crippen molar-refractivity contribution in [2.45, 2.75) is 12.6 Å². The van der Waals surface area contributed by atoms with Crippen molar-refractivity contribution in [2.24, 2.45) is 0 Å². The Morgan fingerprint density at radius 2 is 2.12 bits per heavy atom. The van der Waals surface area contributed by atoms with Gasteiger partial charge in [-0.1, -0.05) is 6.08 Å². The van der Waals surface area contributed by atoms with Gasteiger partial charge in [-0.2, -0.15) is 5.10 Å². The lowest BCUT2D eigenvalue weighted by atomic mass is 10.1. The number of dihydropyridines is 2. The van der Waals surface area contributed by atoms with E-state index in [0.717, 1.165) is 13.1 Å². The maximum absolute atomic E-state index is 13.1. The highest BCUT2D eigenvalue weighted by Gasteiger charge is 2.23. The predicted molar refractivity (Wildman–Crippen MR) is 117 cm³/mol. The first-order valence-corrected chi connectivity index (χ1v) is 10.6. The summed E-state index contributed by atoms with van der Waals surface area (Å²) in [6.07, 6.45) is 7.60. The van der Waals surface area contributed by atoms with Gasteiger partial charge in [-0.3, -0.25) is 9.69 Å². The van der Waals surface area contributed by atoms with E-state index in [2.05, 4.69) is 30.9 Å². The van der Waals surface area contributed by atoms with Crippen LogP contribution < -0.4 is 16.0 Å². The first-order valence-electron chi connectivity index (χ1n) is 10.6. The zero-order chi connectivity index (χ0) is 22.8. The highest BCUT2D eigenvalue weighted by atomic mass is 19.3. The first kappa shape index (κ1) is 21.3. The predicted octanol–water partition coefficient (Wildman–Crippen LogP) is 1.25. The quantitative estimate of drug-likeness (QED) is 0.625. The van der Waals surface area contributed by atoms with Gasteiger partial charge in [0.15, 0.2) is 11.3 Å². The summed E-state index contributed by atoms with van der Waals surface area (Å²) in [7, 11) is 0. The van der Waals surface area contributed by atoms with Crippen LogP contribution in [0, 0.1) is 0 Å². The summed E-state index contributed by atoms with van der Waals surface area (Å²) in [6.45, 7) is 3.04. The number of alkyl halides is 2. The molecule has 1 atom stereocenters. The van der Waals surface area contributed by atoms with E-state index < -0.39 is 6.43 Å². The molecule has 1 amide bonds. The molecule has 0 saturated carbocycles. The van der Waals surface area contributed by atoms with Crippen molar-refractivity contribution >= 4 is 17.1 Å². The molecule has 0 bridgehead atoms. The molecule has 3 aliphatic heterocycles. The molecule has 33 heavy (non-hydrogen) atoms. The lowest BCUT2D eigenvalue weighted by molar-refractivity contribution is 0.0206. The fourth-order valence-corrected chi connectivity index (χ4v) is 3.89. The largest absolute Gasteiger partial charge is 0.386 e. The van der Waals surface area contributed by atoms with Crippen LogP contribution in [0.1, 0.15) is 16.2 Å². The highest BCUT2D eigenvalue weighted by molar-refractivity contribution is 5.94. The number of imidazole rings is 1. The first-order chi connectivity index (χ1) is 16.1. The van der Waals surface area contributed by atoms with E-state index in [9.17, 15) is 13.6 Å². The molecule has 1 unspecified atom stereocenters. The summed E-state index contributed by atoms with van der Waals surface area (Å²) in [5.74, 6) is 0.176. The van der Waals surface area contributed by atoms with E-state index >= 15 is 0 Å². The van der Waals surface area contributed by atoms with Gasteiger partial charge in [0.05, 0.1) is 25.1 Å². The van der Waals surface area contributed by atoms with Gasteiger partial charge in [-0.25, -0.2) is 18.3 Å². The zero-order valence-corrected chi connectivity index (χ0v) is 17.7. The Morgan fingerprint density at radius 1 is 1.27 bits per heavy atom. The summed E-state index contributed by atoms with van der Waals surface area (Å²) >= 11 is 0. The Morgan fingerprint density at radius 3 is 2.94 bits per heavy atom. The smallest absolute Gasteiger partial charge is 0.277 e. The van der Waals surface area contributed by atoms with E-state index in [-0.39, 0.29) is 29.9 Å². The summed E-state index contributed by atoms with van der Waals surface area (Å²) < 4.78 is 33.0. The van der Waals surface area contributed by atoms with Crippen molar-refractivity contribution in [1.29, 1.82) is 0 Å². The van der Waals surface area contributed by atoms with Crippen LogP contribution in [0.25, 0.3) is 11.2 Å². The number of fused-ring (bicyclic) bond motifs is 1. The molecule has 2 aromatic rings. The van der Waals surface area contributed by atoms with Crippen molar-refractivity contribution in [3.8, 4) is 0 Å². The fraction of sp³-hybridized carbons (Fsp3) is 0.318. The summed E-state index contributed by atoms with van der Waals surface area (Å²) in [4.78, 5) is 19.5. The fourth-order valence-electron chi connectivity index (χ4n) is 3.89. The molecule has 1 fully saturated rings. The summed E-state index contributed by atoms with van der Waals surface area (Å²) in [5.41, 5.74) is 1.65. The number of ether oxygens (including phenoxy) is 1. The molecular weight excluding hydrogens is 432 g/mol. The minimum absolute atomic E-state index is 0.0174. The molecule has 5 rings (SSSR count). The average molecular weight is 455 g/mol. The number of hydrogen-bond donors (Lipinski definition) is 3. The molecule has 3 N–H and O–H groups in total. The van der Waals surface area contributed by atoms with Gasteiger partial charge < -0.3 is 20.7 Å². The number of nitrogens with zero attached hydrogens (tertiary/aromatic N) is 4. The molecule has 5 heterocycles. The summed E-state index contributed by atoms with van der Waals surface area (Å²) in [5, 5.41) is 13.5. The van der Waals surface area contributed by atoms with Gasteiger partial charge in [-0.05, 0) is 30.4 Å². The third kappa shape index (κ3) is 4.50. The van der Waals surface area contributed by atoms with Crippen LogP contribution in [0.3, 0.4) is 0 Å². The second kappa shape index (κ2) is 9.12. The Labute approximate surface area is 188 Å². The molecule has 11 heteroatoms. The number of rotatable bonds is 5. The monoisotopic (exact) mass is 455 g/mol. The number of amides is 1.